The maximum atomic E-state index is 7.34. The summed E-state index contributed by atoms with van der Waals surface area (Å²) < 4.78 is 0. The number of rotatable bonds is 3. The van der Waals surface area contributed by atoms with Crippen molar-refractivity contribution in [3.05, 3.63) is 0 Å². The van der Waals surface area contributed by atoms with E-state index in [9.17, 15) is 0 Å². The zero-order valence-corrected chi connectivity index (χ0v) is 10.2. The van der Waals surface area contributed by atoms with Crippen molar-refractivity contribution in [2.75, 3.05) is 26.7 Å². The van der Waals surface area contributed by atoms with Gasteiger partial charge in [0.25, 0.3) is 0 Å². The van der Waals surface area contributed by atoms with E-state index in [0.29, 0.717) is 24.3 Å². The first-order valence-electron chi connectivity index (χ1n) is 5.78. The van der Waals surface area contributed by atoms with Crippen LogP contribution in [-0.4, -0.2) is 54.4 Å². The molecular formula is C11H24N4. The van der Waals surface area contributed by atoms with Crippen molar-refractivity contribution in [3.8, 4) is 0 Å². The summed E-state index contributed by atoms with van der Waals surface area (Å²) in [6.07, 6.45) is 1.90. The second-order valence-electron chi connectivity index (χ2n) is 4.78. The molecule has 0 aromatic carbocycles. The molecule has 0 radical (unpaired) electrons. The largest absolute Gasteiger partial charge is 0.388 e. The fourth-order valence-electron chi connectivity index (χ4n) is 2.48. The summed E-state index contributed by atoms with van der Waals surface area (Å²) in [6.45, 7) is 7.84. The van der Waals surface area contributed by atoms with E-state index in [-0.39, 0.29) is 0 Å². The molecule has 4 heteroatoms. The number of hydrogen-bond donors (Lipinski definition) is 2. The Morgan fingerprint density at radius 3 is 2.80 bits per heavy atom. The molecule has 1 fully saturated rings. The molecule has 1 saturated heterocycles. The van der Waals surface area contributed by atoms with Crippen molar-refractivity contribution in [2.24, 2.45) is 5.73 Å². The van der Waals surface area contributed by atoms with Crippen LogP contribution in [0.4, 0.5) is 0 Å². The number of hydrogen-bond acceptors (Lipinski definition) is 3. The number of nitrogens with one attached hydrogen (secondary N) is 1. The van der Waals surface area contributed by atoms with E-state index in [1.165, 1.54) is 13.0 Å². The van der Waals surface area contributed by atoms with E-state index >= 15 is 0 Å². The van der Waals surface area contributed by atoms with Gasteiger partial charge < -0.3 is 10.6 Å². The second-order valence-corrected chi connectivity index (χ2v) is 4.78. The van der Waals surface area contributed by atoms with Gasteiger partial charge in [0.05, 0.1) is 5.84 Å². The van der Waals surface area contributed by atoms with Crippen LogP contribution >= 0.6 is 0 Å². The Bertz CT molecular complexity index is 217. The Morgan fingerprint density at radius 1 is 1.53 bits per heavy atom. The third-order valence-corrected chi connectivity index (χ3v) is 3.18. The second kappa shape index (κ2) is 5.47. The van der Waals surface area contributed by atoms with Gasteiger partial charge in [-0.1, -0.05) is 0 Å². The lowest BCUT2D eigenvalue weighted by Gasteiger charge is -2.33. The highest BCUT2D eigenvalue weighted by atomic mass is 15.2. The van der Waals surface area contributed by atoms with E-state index in [1.54, 1.807) is 0 Å². The first-order valence-corrected chi connectivity index (χ1v) is 5.78. The molecule has 1 rings (SSSR count). The molecule has 2 unspecified atom stereocenters. The van der Waals surface area contributed by atoms with Crippen molar-refractivity contribution in [2.45, 2.75) is 38.8 Å². The number of nitrogens with two attached hydrogens (primary N) is 1. The molecular weight excluding hydrogens is 188 g/mol. The molecule has 1 aliphatic rings. The molecule has 0 bridgehead atoms. The molecule has 0 aliphatic carbocycles. The molecule has 0 amide bonds. The summed E-state index contributed by atoms with van der Waals surface area (Å²) in [4.78, 5) is 4.86. The molecule has 1 heterocycles. The van der Waals surface area contributed by atoms with Gasteiger partial charge in [-0.2, -0.15) is 0 Å². The molecule has 4 nitrogen and oxygen atoms in total. The third kappa shape index (κ3) is 3.80. The average Bonchev–Trinajstić information content (AvgIpc) is 2.25. The summed E-state index contributed by atoms with van der Waals surface area (Å²) in [5.41, 5.74) is 5.46. The fourth-order valence-corrected chi connectivity index (χ4v) is 2.48. The third-order valence-electron chi connectivity index (χ3n) is 3.18. The fraction of sp³-hybridized carbons (Fsp3) is 0.909. The summed E-state index contributed by atoms with van der Waals surface area (Å²) in [7, 11) is 2.18. The van der Waals surface area contributed by atoms with Crippen LogP contribution in [-0.2, 0) is 0 Å². The highest BCUT2D eigenvalue weighted by molar-refractivity contribution is 5.77. The molecule has 3 N–H and O–H groups in total. The summed E-state index contributed by atoms with van der Waals surface area (Å²) in [5.74, 6) is 0.298. The smallest absolute Gasteiger partial charge is 0.0920 e. The quantitative estimate of drug-likeness (QED) is 0.535. The van der Waals surface area contributed by atoms with Crippen LogP contribution in [0.3, 0.4) is 0 Å². The van der Waals surface area contributed by atoms with E-state index in [0.717, 1.165) is 13.1 Å². The summed E-state index contributed by atoms with van der Waals surface area (Å²) in [6, 6.07) is 0.954. The van der Waals surface area contributed by atoms with Gasteiger partial charge >= 0.3 is 0 Å². The normalized spacial score (nSPS) is 27.3. The zero-order valence-electron chi connectivity index (χ0n) is 10.2. The molecule has 0 aromatic heterocycles. The lowest BCUT2D eigenvalue weighted by Crippen LogP contribution is -2.44. The van der Waals surface area contributed by atoms with Crippen molar-refractivity contribution >= 4 is 5.84 Å². The van der Waals surface area contributed by atoms with E-state index in [1.807, 2.05) is 0 Å². The molecule has 15 heavy (non-hydrogen) atoms. The van der Waals surface area contributed by atoms with E-state index in [4.69, 9.17) is 11.1 Å². The first-order chi connectivity index (χ1) is 7.00. The van der Waals surface area contributed by atoms with Crippen LogP contribution in [0, 0.1) is 5.41 Å². The average molecular weight is 212 g/mol. The molecule has 0 spiro atoms. The monoisotopic (exact) mass is 212 g/mol. The molecule has 0 saturated carbocycles. The van der Waals surface area contributed by atoms with E-state index in [2.05, 4.69) is 30.7 Å². The standard InChI is InChI=1S/C11H24N4/c1-9(7-11(12)13)15-6-4-5-14(3)8-10(15)2/h9-10H,4-8H2,1-3H3,(H3,12,13). The predicted octanol–water partition coefficient (Wildman–Crippen LogP) is 0.727. The highest BCUT2D eigenvalue weighted by Gasteiger charge is 2.23. The van der Waals surface area contributed by atoms with Crippen LogP contribution < -0.4 is 5.73 Å². The minimum Gasteiger partial charge on any atom is -0.388 e. The van der Waals surface area contributed by atoms with Crippen molar-refractivity contribution in [1.82, 2.24) is 9.80 Å². The Kier molecular flexibility index (Phi) is 4.54. The van der Waals surface area contributed by atoms with Crippen LogP contribution in [0.25, 0.3) is 0 Å². The lowest BCUT2D eigenvalue weighted by molar-refractivity contribution is 0.155. The maximum Gasteiger partial charge on any atom is 0.0920 e. The van der Waals surface area contributed by atoms with Gasteiger partial charge in [0.1, 0.15) is 0 Å². The topological polar surface area (TPSA) is 56.4 Å². The highest BCUT2D eigenvalue weighted by Crippen LogP contribution is 2.14. The molecule has 1 aliphatic heterocycles. The van der Waals surface area contributed by atoms with Gasteiger partial charge in [0.15, 0.2) is 0 Å². The molecule has 88 valence electrons. The minimum absolute atomic E-state index is 0.298. The minimum atomic E-state index is 0.298. The SMILES string of the molecule is CC(CC(=N)N)N1CCCN(C)CC1C. The lowest BCUT2D eigenvalue weighted by atomic mass is 10.1. The Hall–Kier alpha value is -0.610. The van der Waals surface area contributed by atoms with Crippen LogP contribution in [0.2, 0.25) is 0 Å². The van der Waals surface area contributed by atoms with Gasteiger partial charge in [-0.05, 0) is 40.4 Å². The van der Waals surface area contributed by atoms with Crippen molar-refractivity contribution in [1.29, 1.82) is 5.41 Å². The van der Waals surface area contributed by atoms with Crippen LogP contribution in [0.5, 0.6) is 0 Å². The first kappa shape index (κ1) is 12.5. The summed E-state index contributed by atoms with van der Waals surface area (Å²) >= 11 is 0. The predicted molar refractivity (Wildman–Crippen MR) is 64.3 cm³/mol. The van der Waals surface area contributed by atoms with Gasteiger partial charge in [0, 0.05) is 25.0 Å². The van der Waals surface area contributed by atoms with Crippen molar-refractivity contribution in [3.63, 3.8) is 0 Å². The van der Waals surface area contributed by atoms with Crippen LogP contribution in [0.15, 0.2) is 0 Å². The Morgan fingerprint density at radius 2 is 2.20 bits per heavy atom. The Balaban J connectivity index is 2.54. The molecule has 2 atom stereocenters. The van der Waals surface area contributed by atoms with Gasteiger partial charge in [-0.3, -0.25) is 10.3 Å². The van der Waals surface area contributed by atoms with Gasteiger partial charge in [-0.25, -0.2) is 0 Å². The Labute approximate surface area is 92.9 Å². The molecule has 0 aromatic rings. The van der Waals surface area contributed by atoms with E-state index < -0.39 is 0 Å². The number of amidine groups is 1. The number of likely N-dealkylation sites (N-methyl/N-ethyl adjacent to an activating group) is 1. The van der Waals surface area contributed by atoms with Gasteiger partial charge in [0.2, 0.25) is 0 Å². The van der Waals surface area contributed by atoms with Crippen LogP contribution in [0.1, 0.15) is 26.7 Å². The van der Waals surface area contributed by atoms with Crippen molar-refractivity contribution < 1.29 is 0 Å². The number of nitrogens with zero attached hydrogens (tertiary/aromatic N) is 2. The maximum absolute atomic E-state index is 7.34. The zero-order chi connectivity index (χ0) is 11.4. The summed E-state index contributed by atoms with van der Waals surface area (Å²) in [5, 5.41) is 7.34. The van der Waals surface area contributed by atoms with Gasteiger partial charge in [-0.15, -0.1) is 0 Å².